The summed E-state index contributed by atoms with van der Waals surface area (Å²) in [7, 11) is 0. The third-order valence-corrected chi connectivity index (χ3v) is 10.3. The number of benzene rings is 7. The Labute approximate surface area is 261 Å². The lowest BCUT2D eigenvalue weighted by Crippen LogP contribution is -2.15. The van der Waals surface area contributed by atoms with Gasteiger partial charge in [0.2, 0.25) is 0 Å². The predicted molar refractivity (Wildman–Crippen MR) is 190 cm³/mol. The van der Waals surface area contributed by atoms with E-state index in [-0.39, 0.29) is 5.41 Å². The molecule has 2 heterocycles. The Kier molecular flexibility index (Phi) is 4.82. The van der Waals surface area contributed by atoms with Crippen LogP contribution >= 0.6 is 0 Å². The predicted octanol–water partition coefficient (Wildman–Crippen LogP) is 11.3. The molecule has 0 N–H and O–H groups in total. The summed E-state index contributed by atoms with van der Waals surface area (Å²) in [4.78, 5) is 0. The Balaban J connectivity index is 1.42. The summed E-state index contributed by atoms with van der Waals surface area (Å²) in [6.07, 6.45) is 0. The molecule has 1 aliphatic rings. The minimum Gasteiger partial charge on any atom is -0.309 e. The van der Waals surface area contributed by atoms with Crippen molar-refractivity contribution in [1.29, 1.82) is 0 Å². The number of rotatable bonds is 2. The van der Waals surface area contributed by atoms with E-state index < -0.39 is 0 Å². The van der Waals surface area contributed by atoms with E-state index in [1.165, 1.54) is 88.0 Å². The van der Waals surface area contributed by atoms with Crippen molar-refractivity contribution in [2.45, 2.75) is 19.3 Å². The molecule has 2 aromatic heterocycles. The van der Waals surface area contributed by atoms with Gasteiger partial charge in [0, 0.05) is 43.9 Å². The average Bonchev–Trinajstić information content (AvgIpc) is 3.69. The Morgan fingerprint density at radius 2 is 1.04 bits per heavy atom. The summed E-state index contributed by atoms with van der Waals surface area (Å²) in [6.45, 7) is 4.79. The van der Waals surface area contributed by atoms with E-state index in [9.17, 15) is 0 Å². The van der Waals surface area contributed by atoms with E-state index in [2.05, 4.69) is 169 Å². The maximum atomic E-state index is 2.54. The van der Waals surface area contributed by atoms with E-state index >= 15 is 0 Å². The fourth-order valence-electron chi connectivity index (χ4n) is 8.44. The Morgan fingerprint density at radius 1 is 0.444 bits per heavy atom. The third kappa shape index (κ3) is 3.13. The van der Waals surface area contributed by atoms with Gasteiger partial charge in [0.25, 0.3) is 0 Å². The van der Waals surface area contributed by atoms with Gasteiger partial charge in [-0.2, -0.15) is 0 Å². The second-order valence-electron chi connectivity index (χ2n) is 12.9. The minimum atomic E-state index is -0.120. The number of fused-ring (bicyclic) bond motifs is 13. The molecule has 0 bridgehead atoms. The lowest BCUT2D eigenvalue weighted by Gasteiger charge is -2.24. The van der Waals surface area contributed by atoms with Gasteiger partial charge in [-0.05, 0) is 63.9 Å². The number of hydrogen-bond donors (Lipinski definition) is 0. The van der Waals surface area contributed by atoms with Crippen molar-refractivity contribution < 1.29 is 0 Å². The zero-order valence-electron chi connectivity index (χ0n) is 25.3. The van der Waals surface area contributed by atoms with Crippen LogP contribution in [-0.2, 0) is 5.41 Å². The zero-order valence-corrected chi connectivity index (χ0v) is 25.3. The van der Waals surface area contributed by atoms with Crippen LogP contribution < -0.4 is 0 Å². The molecule has 0 radical (unpaired) electrons. The summed E-state index contributed by atoms with van der Waals surface area (Å²) in [6, 6.07) is 53.6. The van der Waals surface area contributed by atoms with Crippen LogP contribution in [0.4, 0.5) is 0 Å². The minimum absolute atomic E-state index is 0.120. The molecule has 0 amide bonds. The summed E-state index contributed by atoms with van der Waals surface area (Å²) in [5.41, 5.74) is 12.7. The molecule has 0 atom stereocenters. The van der Waals surface area contributed by atoms with E-state index in [0.29, 0.717) is 0 Å². The molecular formula is C43H30N2. The van der Waals surface area contributed by atoms with Crippen LogP contribution in [0.5, 0.6) is 0 Å². The zero-order chi connectivity index (χ0) is 29.9. The Hall–Kier alpha value is -5.60. The molecule has 9 aromatic rings. The van der Waals surface area contributed by atoms with Gasteiger partial charge in [-0.15, -0.1) is 0 Å². The van der Waals surface area contributed by atoms with Crippen LogP contribution in [0.15, 0.2) is 146 Å². The molecule has 0 spiro atoms. The largest absolute Gasteiger partial charge is 0.309 e. The topological polar surface area (TPSA) is 9.86 Å². The van der Waals surface area contributed by atoms with Crippen LogP contribution in [0.25, 0.3) is 76.9 Å². The maximum Gasteiger partial charge on any atom is 0.0629 e. The first kappa shape index (κ1) is 24.8. The molecular weight excluding hydrogens is 544 g/mol. The van der Waals surface area contributed by atoms with Crippen molar-refractivity contribution in [2.24, 2.45) is 0 Å². The molecule has 0 aliphatic heterocycles. The highest BCUT2D eigenvalue weighted by Crippen LogP contribution is 2.56. The molecule has 0 fully saturated rings. The smallest absolute Gasteiger partial charge is 0.0629 e. The molecule has 10 rings (SSSR count). The molecule has 7 aromatic carbocycles. The van der Waals surface area contributed by atoms with Crippen LogP contribution in [-0.4, -0.2) is 9.13 Å². The van der Waals surface area contributed by atoms with Gasteiger partial charge in [0.05, 0.1) is 22.1 Å². The van der Waals surface area contributed by atoms with Crippen molar-refractivity contribution in [3.05, 3.63) is 157 Å². The average molecular weight is 575 g/mol. The lowest BCUT2D eigenvalue weighted by atomic mass is 9.79. The molecule has 2 heteroatoms. The molecule has 0 unspecified atom stereocenters. The number of para-hydroxylation sites is 3. The third-order valence-electron chi connectivity index (χ3n) is 10.3. The highest BCUT2D eigenvalue weighted by molar-refractivity contribution is 6.27. The Bertz CT molecular complexity index is 2670. The number of aromatic nitrogens is 2. The fraction of sp³-hybridized carbons (Fsp3) is 0.0698. The number of nitrogens with zero attached hydrogens (tertiary/aromatic N) is 2. The monoisotopic (exact) mass is 574 g/mol. The van der Waals surface area contributed by atoms with Gasteiger partial charge in [0.15, 0.2) is 0 Å². The first-order valence-corrected chi connectivity index (χ1v) is 15.8. The normalized spacial score (nSPS) is 13.7. The molecule has 1 aliphatic carbocycles. The van der Waals surface area contributed by atoms with E-state index in [4.69, 9.17) is 0 Å². The van der Waals surface area contributed by atoms with Gasteiger partial charge < -0.3 is 9.13 Å². The summed E-state index contributed by atoms with van der Waals surface area (Å²) in [5.74, 6) is 0. The summed E-state index contributed by atoms with van der Waals surface area (Å²) >= 11 is 0. The van der Waals surface area contributed by atoms with E-state index in [1.807, 2.05) is 0 Å². The van der Waals surface area contributed by atoms with Crippen LogP contribution in [0.3, 0.4) is 0 Å². The summed E-state index contributed by atoms with van der Waals surface area (Å²) in [5, 5.41) is 7.83. The summed E-state index contributed by atoms with van der Waals surface area (Å²) < 4.78 is 4.96. The van der Waals surface area contributed by atoms with Crippen molar-refractivity contribution in [2.75, 3.05) is 0 Å². The fourth-order valence-corrected chi connectivity index (χ4v) is 8.44. The number of hydrogen-bond acceptors (Lipinski definition) is 0. The van der Waals surface area contributed by atoms with Crippen molar-refractivity contribution in [3.8, 4) is 22.5 Å². The van der Waals surface area contributed by atoms with Crippen LogP contribution in [0.1, 0.15) is 25.0 Å². The van der Waals surface area contributed by atoms with Crippen molar-refractivity contribution in [1.82, 2.24) is 9.13 Å². The quantitative estimate of drug-likeness (QED) is 0.194. The van der Waals surface area contributed by atoms with E-state index in [0.717, 1.165) is 0 Å². The van der Waals surface area contributed by atoms with Crippen molar-refractivity contribution in [3.63, 3.8) is 0 Å². The first-order valence-electron chi connectivity index (χ1n) is 15.8. The van der Waals surface area contributed by atoms with Gasteiger partial charge >= 0.3 is 0 Å². The first-order chi connectivity index (χ1) is 22.1. The second-order valence-corrected chi connectivity index (χ2v) is 12.9. The van der Waals surface area contributed by atoms with Gasteiger partial charge in [-0.1, -0.05) is 123 Å². The van der Waals surface area contributed by atoms with Crippen LogP contribution in [0, 0.1) is 0 Å². The van der Waals surface area contributed by atoms with Gasteiger partial charge in [0.1, 0.15) is 0 Å². The molecule has 0 saturated carbocycles. The molecule has 2 nitrogen and oxygen atoms in total. The standard InChI is InChI=1S/C43H30N2/c1-43(2)35-21-11-8-19-33(35)40-41(43)32-18-7-6-17-31(32)39-34-20-10-13-23-37(34)45(42(39)40)28-24-25-30-29-16-9-12-22-36(29)44(38(30)26-28)27-14-4-3-5-15-27/h3-26H,1-2H3. The highest BCUT2D eigenvalue weighted by atomic mass is 15.0. The molecule has 0 saturated heterocycles. The van der Waals surface area contributed by atoms with Gasteiger partial charge in [-0.3, -0.25) is 0 Å². The molecule has 45 heavy (non-hydrogen) atoms. The SMILES string of the molecule is CC1(C)c2ccccc2-c2c1c1ccccc1c1c3ccccc3n(-c3ccc4c5ccccc5n(-c5ccccc5)c4c3)c21. The lowest BCUT2D eigenvalue weighted by molar-refractivity contribution is 0.666. The molecule has 212 valence electrons. The maximum absolute atomic E-state index is 2.54. The van der Waals surface area contributed by atoms with Gasteiger partial charge in [-0.25, -0.2) is 0 Å². The highest BCUT2D eigenvalue weighted by Gasteiger charge is 2.39. The van der Waals surface area contributed by atoms with Crippen LogP contribution in [0.2, 0.25) is 0 Å². The second kappa shape index (κ2) is 8.74. The Morgan fingerprint density at radius 3 is 1.84 bits per heavy atom. The van der Waals surface area contributed by atoms with E-state index in [1.54, 1.807) is 0 Å². The van der Waals surface area contributed by atoms with Crippen molar-refractivity contribution >= 4 is 54.4 Å².